The normalized spacial score (nSPS) is 18.5. The Morgan fingerprint density at radius 3 is 2.33 bits per heavy atom. The van der Waals surface area contributed by atoms with E-state index in [4.69, 9.17) is 44.4 Å². The zero-order valence-corrected chi connectivity index (χ0v) is 20.1. The van der Waals surface area contributed by atoms with Crippen molar-refractivity contribution in [2.45, 2.75) is 51.1 Å². The SMILES string of the molecule is CC(C)(C)OC(=O)NCc1cc(C2=NOC(c3cc(Cl)cc(Cl)c3)(C(F)(F)F)C2)ccc1Cl. The van der Waals surface area contributed by atoms with Crippen molar-refractivity contribution in [2.75, 3.05) is 0 Å². The fourth-order valence-corrected chi connectivity index (χ4v) is 3.93. The summed E-state index contributed by atoms with van der Waals surface area (Å²) in [6.45, 7) is 5.17. The molecule has 1 atom stereocenters. The molecule has 1 aliphatic heterocycles. The number of benzene rings is 2. The number of hydrogen-bond donors (Lipinski definition) is 1. The molecule has 2 aromatic rings. The molecule has 0 bridgehead atoms. The Bertz CT molecular complexity index is 1080. The number of amides is 1. The number of rotatable bonds is 4. The first-order chi connectivity index (χ1) is 15.2. The fraction of sp³-hybridized carbons (Fsp3) is 0.364. The average Bonchev–Trinajstić information content (AvgIpc) is 3.12. The molecule has 1 N–H and O–H groups in total. The molecule has 0 saturated carbocycles. The molecule has 0 aliphatic carbocycles. The van der Waals surface area contributed by atoms with Gasteiger partial charge >= 0.3 is 12.3 Å². The van der Waals surface area contributed by atoms with Crippen molar-refractivity contribution in [1.29, 1.82) is 0 Å². The number of alkyl halides is 3. The second-order valence-corrected chi connectivity index (χ2v) is 9.73. The number of ether oxygens (including phenoxy) is 1. The molecule has 1 amide bonds. The van der Waals surface area contributed by atoms with Gasteiger partial charge in [0, 0.05) is 33.6 Å². The van der Waals surface area contributed by atoms with Crippen molar-refractivity contribution in [3.63, 3.8) is 0 Å². The van der Waals surface area contributed by atoms with Gasteiger partial charge in [-0.2, -0.15) is 13.2 Å². The number of carbonyl (C=O) groups is 1. The van der Waals surface area contributed by atoms with E-state index in [1.807, 2.05) is 0 Å². The number of hydrogen-bond acceptors (Lipinski definition) is 4. The second-order valence-electron chi connectivity index (χ2n) is 8.45. The van der Waals surface area contributed by atoms with Gasteiger partial charge in [-0.25, -0.2) is 4.79 Å². The predicted molar refractivity (Wildman–Crippen MR) is 121 cm³/mol. The van der Waals surface area contributed by atoms with Crippen LogP contribution in [0.5, 0.6) is 0 Å². The first-order valence-corrected chi connectivity index (χ1v) is 10.9. The van der Waals surface area contributed by atoms with Gasteiger partial charge in [0.25, 0.3) is 5.60 Å². The van der Waals surface area contributed by atoms with Gasteiger partial charge in [0.15, 0.2) is 0 Å². The number of oxime groups is 1. The third-order valence-corrected chi connectivity index (χ3v) is 5.52. The van der Waals surface area contributed by atoms with Crippen LogP contribution in [0.25, 0.3) is 0 Å². The van der Waals surface area contributed by atoms with Crippen LogP contribution in [0.3, 0.4) is 0 Å². The molecule has 11 heteroatoms. The minimum absolute atomic E-state index is 0.00401. The number of halogens is 6. The Kier molecular flexibility index (Phi) is 7.13. The Morgan fingerprint density at radius 1 is 1.12 bits per heavy atom. The summed E-state index contributed by atoms with van der Waals surface area (Å²) in [4.78, 5) is 16.9. The van der Waals surface area contributed by atoms with E-state index in [-0.39, 0.29) is 27.9 Å². The summed E-state index contributed by atoms with van der Waals surface area (Å²) >= 11 is 18.1. The van der Waals surface area contributed by atoms with Gasteiger partial charge in [-0.1, -0.05) is 46.0 Å². The monoisotopic (exact) mass is 522 g/mol. The summed E-state index contributed by atoms with van der Waals surface area (Å²) in [5.41, 5.74) is -2.80. The lowest BCUT2D eigenvalue weighted by atomic mass is 9.86. The van der Waals surface area contributed by atoms with E-state index in [2.05, 4.69) is 10.5 Å². The van der Waals surface area contributed by atoms with E-state index >= 15 is 0 Å². The summed E-state index contributed by atoms with van der Waals surface area (Å²) in [5.74, 6) is 0. The highest BCUT2D eigenvalue weighted by atomic mass is 35.5. The van der Waals surface area contributed by atoms with Crippen LogP contribution in [-0.2, 0) is 21.7 Å². The molecule has 0 saturated heterocycles. The first kappa shape index (κ1) is 25.5. The molecule has 0 fully saturated rings. The highest BCUT2D eigenvalue weighted by Crippen LogP contribution is 2.49. The van der Waals surface area contributed by atoms with Crippen molar-refractivity contribution in [2.24, 2.45) is 5.16 Å². The molecule has 178 valence electrons. The number of nitrogens with zero attached hydrogens (tertiary/aromatic N) is 1. The van der Waals surface area contributed by atoms with Crippen molar-refractivity contribution in [1.82, 2.24) is 5.32 Å². The van der Waals surface area contributed by atoms with E-state index < -0.39 is 29.9 Å². The summed E-state index contributed by atoms with van der Waals surface area (Å²) in [7, 11) is 0. The lowest BCUT2D eigenvalue weighted by Gasteiger charge is -2.29. The smallest absolute Gasteiger partial charge is 0.435 e. The van der Waals surface area contributed by atoms with Crippen molar-refractivity contribution in [3.05, 3.63) is 68.2 Å². The number of alkyl carbamates (subject to hydrolysis) is 1. The third-order valence-electron chi connectivity index (χ3n) is 4.72. The van der Waals surface area contributed by atoms with Crippen molar-refractivity contribution in [3.8, 4) is 0 Å². The quantitative estimate of drug-likeness (QED) is 0.459. The lowest BCUT2D eigenvalue weighted by Crippen LogP contribution is -2.42. The topological polar surface area (TPSA) is 59.9 Å². The molecule has 33 heavy (non-hydrogen) atoms. The molecular formula is C22H20Cl3F3N2O3. The molecule has 0 aromatic heterocycles. The summed E-state index contributed by atoms with van der Waals surface area (Å²) in [5, 5.41) is 6.70. The molecule has 1 unspecified atom stereocenters. The Morgan fingerprint density at radius 2 is 1.76 bits per heavy atom. The van der Waals surface area contributed by atoms with Gasteiger partial charge in [-0.15, -0.1) is 0 Å². The molecule has 3 rings (SSSR count). The highest BCUT2D eigenvalue weighted by Gasteiger charge is 2.62. The first-order valence-electron chi connectivity index (χ1n) is 9.74. The molecule has 1 heterocycles. The lowest BCUT2D eigenvalue weighted by molar-refractivity contribution is -0.275. The maximum Gasteiger partial charge on any atom is 0.435 e. The molecule has 2 aromatic carbocycles. The van der Waals surface area contributed by atoms with Gasteiger partial charge < -0.3 is 14.9 Å². The van der Waals surface area contributed by atoms with E-state index in [0.717, 1.165) is 12.1 Å². The minimum atomic E-state index is -4.81. The van der Waals surface area contributed by atoms with E-state index in [1.165, 1.54) is 18.2 Å². The van der Waals surface area contributed by atoms with Crippen molar-refractivity contribution < 1.29 is 27.5 Å². The Labute approximate surface area is 203 Å². The van der Waals surface area contributed by atoms with Crippen LogP contribution >= 0.6 is 34.8 Å². The standard InChI is InChI=1S/C22H20Cl3F3N2O3/c1-20(2,3)32-19(31)29-11-13-6-12(4-5-17(13)25)18-10-21(33-30-18,22(26,27)28)14-7-15(23)9-16(24)8-14/h4-9H,10-11H2,1-3H3,(H,29,31). The molecular weight excluding hydrogens is 504 g/mol. The predicted octanol–water partition coefficient (Wildman–Crippen LogP) is 7.25. The van der Waals surface area contributed by atoms with Crippen LogP contribution < -0.4 is 5.32 Å². The largest absolute Gasteiger partial charge is 0.444 e. The average molecular weight is 524 g/mol. The second kappa shape index (κ2) is 9.24. The van der Waals surface area contributed by atoms with Crippen LogP contribution in [0.4, 0.5) is 18.0 Å². The highest BCUT2D eigenvalue weighted by molar-refractivity contribution is 6.34. The van der Waals surface area contributed by atoms with Gasteiger partial charge in [-0.05, 0) is 62.2 Å². The Balaban J connectivity index is 1.86. The van der Waals surface area contributed by atoms with Crippen LogP contribution in [0.2, 0.25) is 15.1 Å². The van der Waals surface area contributed by atoms with E-state index in [9.17, 15) is 18.0 Å². The van der Waals surface area contributed by atoms with Crippen LogP contribution in [-0.4, -0.2) is 23.6 Å². The van der Waals surface area contributed by atoms with Gasteiger partial charge in [0.1, 0.15) is 5.60 Å². The van der Waals surface area contributed by atoms with E-state index in [0.29, 0.717) is 16.1 Å². The molecule has 0 spiro atoms. The van der Waals surface area contributed by atoms with Crippen LogP contribution in [0, 0.1) is 0 Å². The van der Waals surface area contributed by atoms with Gasteiger partial charge in [0.2, 0.25) is 0 Å². The zero-order valence-electron chi connectivity index (χ0n) is 17.8. The maximum absolute atomic E-state index is 14.2. The number of nitrogens with one attached hydrogen (secondary N) is 1. The minimum Gasteiger partial charge on any atom is -0.444 e. The number of carbonyl (C=O) groups excluding carboxylic acids is 1. The molecule has 1 aliphatic rings. The van der Waals surface area contributed by atoms with Gasteiger partial charge in [0.05, 0.1) is 5.71 Å². The third kappa shape index (κ3) is 5.86. The zero-order chi connectivity index (χ0) is 24.6. The Hall–Kier alpha value is -2.16. The molecule has 5 nitrogen and oxygen atoms in total. The summed E-state index contributed by atoms with van der Waals surface area (Å²) in [6.07, 6.45) is -6.06. The fourth-order valence-electron chi connectivity index (χ4n) is 3.22. The van der Waals surface area contributed by atoms with Crippen molar-refractivity contribution >= 4 is 46.6 Å². The van der Waals surface area contributed by atoms with E-state index in [1.54, 1.807) is 26.8 Å². The summed E-state index contributed by atoms with van der Waals surface area (Å²) < 4.78 is 47.7. The summed E-state index contributed by atoms with van der Waals surface area (Å²) in [6, 6.07) is 8.21. The van der Waals surface area contributed by atoms with Gasteiger partial charge in [-0.3, -0.25) is 0 Å². The van der Waals surface area contributed by atoms with Crippen LogP contribution in [0.1, 0.15) is 43.9 Å². The van der Waals surface area contributed by atoms with Crippen LogP contribution in [0.15, 0.2) is 41.6 Å². The maximum atomic E-state index is 14.2. The molecule has 0 radical (unpaired) electrons.